The molecule has 4 nitrogen and oxygen atoms in total. The van der Waals surface area contributed by atoms with Crippen molar-refractivity contribution in [3.8, 4) is 0 Å². The Kier molecular flexibility index (Phi) is 4.61. The first-order valence-corrected chi connectivity index (χ1v) is 8.28. The zero-order valence-electron chi connectivity index (χ0n) is 14.5. The predicted octanol–water partition coefficient (Wildman–Crippen LogP) is 4.81. The van der Waals surface area contributed by atoms with E-state index in [1.165, 1.54) is 6.92 Å². The van der Waals surface area contributed by atoms with Gasteiger partial charge in [-0.3, -0.25) is 14.6 Å². The quantitative estimate of drug-likeness (QED) is 0.697. The summed E-state index contributed by atoms with van der Waals surface area (Å²) in [6.45, 7) is 5.58. The van der Waals surface area contributed by atoms with Crippen molar-refractivity contribution in [2.24, 2.45) is 0 Å². The summed E-state index contributed by atoms with van der Waals surface area (Å²) in [6.07, 6.45) is 0. The minimum absolute atomic E-state index is 0.0849. The van der Waals surface area contributed by atoms with Gasteiger partial charge in [0.15, 0.2) is 5.78 Å². The molecule has 0 bridgehead atoms. The SMILES string of the molecule is CC(=O)c1ccccc1NC(=O)c1cc(C(C)C)nc2ccccc12. The van der Waals surface area contributed by atoms with E-state index < -0.39 is 0 Å². The fourth-order valence-corrected chi connectivity index (χ4v) is 2.77. The van der Waals surface area contributed by atoms with E-state index in [2.05, 4.69) is 10.3 Å². The summed E-state index contributed by atoms with van der Waals surface area (Å²) in [7, 11) is 0. The highest BCUT2D eigenvalue weighted by molar-refractivity contribution is 6.14. The maximum absolute atomic E-state index is 12.9. The van der Waals surface area contributed by atoms with E-state index in [4.69, 9.17) is 0 Å². The third kappa shape index (κ3) is 3.43. The van der Waals surface area contributed by atoms with Crippen molar-refractivity contribution in [3.05, 3.63) is 71.4 Å². The summed E-state index contributed by atoms with van der Waals surface area (Å²) in [5.74, 6) is -0.117. The number of rotatable bonds is 4. The van der Waals surface area contributed by atoms with Crippen molar-refractivity contribution in [1.29, 1.82) is 0 Å². The Balaban J connectivity index is 2.07. The van der Waals surface area contributed by atoms with E-state index >= 15 is 0 Å². The molecule has 2 aromatic carbocycles. The Morgan fingerprint density at radius 2 is 1.64 bits per heavy atom. The number of nitrogens with zero attached hydrogens (tertiary/aromatic N) is 1. The van der Waals surface area contributed by atoms with Gasteiger partial charge in [0.1, 0.15) is 0 Å². The molecule has 1 N–H and O–H groups in total. The Hall–Kier alpha value is -3.01. The normalized spacial score (nSPS) is 10.9. The molecule has 4 heteroatoms. The van der Waals surface area contributed by atoms with E-state index in [-0.39, 0.29) is 17.6 Å². The number of carbonyl (C=O) groups excluding carboxylic acids is 2. The third-order valence-corrected chi connectivity index (χ3v) is 4.13. The van der Waals surface area contributed by atoms with Gasteiger partial charge in [-0.15, -0.1) is 0 Å². The van der Waals surface area contributed by atoms with E-state index in [1.54, 1.807) is 24.3 Å². The molecule has 0 aliphatic heterocycles. The zero-order chi connectivity index (χ0) is 18.0. The van der Waals surface area contributed by atoms with Crippen LogP contribution in [0.15, 0.2) is 54.6 Å². The van der Waals surface area contributed by atoms with Crippen LogP contribution in [0.25, 0.3) is 10.9 Å². The Bertz CT molecular complexity index is 961. The second-order valence-corrected chi connectivity index (χ2v) is 6.32. The minimum Gasteiger partial charge on any atom is -0.321 e. The number of anilines is 1. The molecular weight excluding hydrogens is 312 g/mol. The molecule has 126 valence electrons. The Morgan fingerprint density at radius 3 is 2.36 bits per heavy atom. The lowest BCUT2D eigenvalue weighted by atomic mass is 10.0. The number of amides is 1. The fraction of sp³-hybridized carbons (Fsp3) is 0.190. The summed E-state index contributed by atoms with van der Waals surface area (Å²) in [5, 5.41) is 3.67. The lowest BCUT2D eigenvalue weighted by Crippen LogP contribution is -2.15. The molecule has 0 saturated heterocycles. The van der Waals surface area contributed by atoms with Crippen LogP contribution in [0.3, 0.4) is 0 Å². The van der Waals surface area contributed by atoms with Crippen LogP contribution in [0, 0.1) is 0 Å². The van der Waals surface area contributed by atoms with Crippen LogP contribution in [0.2, 0.25) is 0 Å². The topological polar surface area (TPSA) is 59.1 Å². The number of aromatic nitrogens is 1. The number of carbonyl (C=O) groups is 2. The number of nitrogens with one attached hydrogen (secondary N) is 1. The number of fused-ring (bicyclic) bond motifs is 1. The molecule has 0 radical (unpaired) electrons. The van der Waals surface area contributed by atoms with Gasteiger partial charge in [0.25, 0.3) is 5.91 Å². The van der Waals surface area contributed by atoms with Gasteiger partial charge in [0, 0.05) is 16.6 Å². The third-order valence-electron chi connectivity index (χ3n) is 4.13. The molecule has 0 saturated carbocycles. The molecule has 1 amide bonds. The second kappa shape index (κ2) is 6.85. The first-order valence-electron chi connectivity index (χ1n) is 8.28. The summed E-state index contributed by atoms with van der Waals surface area (Å²) in [6, 6.07) is 16.4. The highest BCUT2D eigenvalue weighted by Gasteiger charge is 2.16. The van der Waals surface area contributed by atoms with Crippen molar-refractivity contribution in [3.63, 3.8) is 0 Å². The van der Waals surface area contributed by atoms with Gasteiger partial charge in [-0.2, -0.15) is 0 Å². The van der Waals surface area contributed by atoms with E-state index in [1.807, 2.05) is 44.2 Å². The molecule has 1 heterocycles. The zero-order valence-corrected chi connectivity index (χ0v) is 14.5. The van der Waals surface area contributed by atoms with Crippen LogP contribution in [0.4, 0.5) is 5.69 Å². The largest absolute Gasteiger partial charge is 0.321 e. The van der Waals surface area contributed by atoms with Crippen molar-refractivity contribution in [1.82, 2.24) is 4.98 Å². The van der Waals surface area contributed by atoms with Crippen LogP contribution in [0.1, 0.15) is 53.1 Å². The van der Waals surface area contributed by atoms with Crippen LogP contribution >= 0.6 is 0 Å². The van der Waals surface area contributed by atoms with Crippen LogP contribution in [-0.2, 0) is 0 Å². The number of hydrogen-bond donors (Lipinski definition) is 1. The second-order valence-electron chi connectivity index (χ2n) is 6.32. The lowest BCUT2D eigenvalue weighted by Gasteiger charge is -2.13. The molecule has 1 aromatic heterocycles. The highest BCUT2D eigenvalue weighted by Crippen LogP contribution is 2.24. The average molecular weight is 332 g/mol. The first-order chi connectivity index (χ1) is 12.0. The number of Topliss-reactive ketones (excluding diaryl/α,β-unsaturated/α-hetero) is 1. The van der Waals surface area contributed by atoms with Crippen LogP contribution in [0.5, 0.6) is 0 Å². The van der Waals surface area contributed by atoms with Crippen LogP contribution in [-0.4, -0.2) is 16.7 Å². The average Bonchev–Trinajstić information content (AvgIpc) is 2.60. The maximum atomic E-state index is 12.9. The molecule has 0 atom stereocenters. The van der Waals surface area contributed by atoms with Gasteiger partial charge in [-0.1, -0.05) is 44.2 Å². The van der Waals surface area contributed by atoms with Crippen LogP contribution < -0.4 is 5.32 Å². The summed E-state index contributed by atoms with van der Waals surface area (Å²) in [5.41, 5.74) is 3.24. The molecule has 25 heavy (non-hydrogen) atoms. The van der Waals surface area contributed by atoms with Crippen molar-refractivity contribution in [2.75, 3.05) is 5.32 Å². The van der Waals surface area contributed by atoms with E-state index in [0.29, 0.717) is 16.8 Å². The maximum Gasteiger partial charge on any atom is 0.256 e. The first kappa shape index (κ1) is 16.8. The van der Waals surface area contributed by atoms with Gasteiger partial charge >= 0.3 is 0 Å². The van der Waals surface area contributed by atoms with Gasteiger partial charge in [-0.25, -0.2) is 0 Å². The van der Waals surface area contributed by atoms with Gasteiger partial charge in [0.05, 0.1) is 16.8 Å². The molecule has 0 spiro atoms. The molecular formula is C21H20N2O2. The van der Waals surface area contributed by atoms with E-state index in [9.17, 15) is 9.59 Å². The van der Waals surface area contributed by atoms with Gasteiger partial charge in [0.2, 0.25) is 0 Å². The van der Waals surface area contributed by atoms with Crippen molar-refractivity contribution in [2.45, 2.75) is 26.7 Å². The van der Waals surface area contributed by atoms with Crippen molar-refractivity contribution < 1.29 is 9.59 Å². The molecule has 0 fully saturated rings. The van der Waals surface area contributed by atoms with Gasteiger partial charge < -0.3 is 5.32 Å². The Labute approximate surface area is 146 Å². The smallest absolute Gasteiger partial charge is 0.256 e. The fourth-order valence-electron chi connectivity index (χ4n) is 2.77. The van der Waals surface area contributed by atoms with E-state index in [0.717, 1.165) is 16.6 Å². The molecule has 0 aliphatic carbocycles. The molecule has 3 aromatic rings. The number of hydrogen-bond acceptors (Lipinski definition) is 3. The number of benzene rings is 2. The Morgan fingerprint density at radius 1 is 0.960 bits per heavy atom. The molecule has 3 rings (SSSR count). The summed E-state index contributed by atoms with van der Waals surface area (Å²) in [4.78, 5) is 29.3. The standard InChI is InChI=1S/C21H20N2O2/c1-13(2)20-12-17(16-9-5-7-11-19(16)22-20)21(25)23-18-10-6-4-8-15(18)14(3)24/h4-13H,1-3H3,(H,23,25). The monoisotopic (exact) mass is 332 g/mol. The highest BCUT2D eigenvalue weighted by atomic mass is 16.1. The number of ketones is 1. The molecule has 0 unspecified atom stereocenters. The molecule has 0 aliphatic rings. The summed E-state index contributed by atoms with van der Waals surface area (Å²) < 4.78 is 0. The van der Waals surface area contributed by atoms with Gasteiger partial charge in [-0.05, 0) is 37.1 Å². The predicted molar refractivity (Wildman–Crippen MR) is 100 cm³/mol. The van der Waals surface area contributed by atoms with Crippen molar-refractivity contribution >= 4 is 28.3 Å². The minimum atomic E-state index is -0.241. The lowest BCUT2D eigenvalue weighted by molar-refractivity contribution is 0.101. The number of para-hydroxylation sites is 2. The summed E-state index contributed by atoms with van der Waals surface area (Å²) >= 11 is 0. The number of pyridine rings is 1.